The van der Waals surface area contributed by atoms with E-state index in [-0.39, 0.29) is 5.75 Å². The lowest BCUT2D eigenvalue weighted by Crippen LogP contribution is -2.06. The van der Waals surface area contributed by atoms with Crippen LogP contribution in [-0.2, 0) is 4.79 Å². The fourth-order valence-corrected chi connectivity index (χ4v) is 2.67. The number of hydrogen-bond donors (Lipinski definition) is 0. The van der Waals surface area contributed by atoms with Crippen molar-refractivity contribution in [3.63, 3.8) is 0 Å². The summed E-state index contributed by atoms with van der Waals surface area (Å²) in [6, 6.07) is 8.50. The second-order valence-corrected chi connectivity index (χ2v) is 6.04. The van der Waals surface area contributed by atoms with Gasteiger partial charge < -0.3 is 23.7 Å². The molecule has 2 rings (SSSR count). The van der Waals surface area contributed by atoms with E-state index in [1.807, 2.05) is 6.92 Å². The first-order valence-corrected chi connectivity index (χ1v) is 9.03. The first-order chi connectivity index (χ1) is 13.5. The van der Waals surface area contributed by atoms with Gasteiger partial charge >= 0.3 is 5.97 Å². The van der Waals surface area contributed by atoms with Crippen LogP contribution in [0.5, 0.6) is 28.7 Å². The topological polar surface area (TPSA) is 63.2 Å². The number of carbonyl (C=O) groups excluding carboxylic acids is 1. The highest BCUT2D eigenvalue weighted by Crippen LogP contribution is 2.38. The van der Waals surface area contributed by atoms with Crippen LogP contribution in [0.15, 0.2) is 36.4 Å². The highest BCUT2D eigenvalue weighted by Gasteiger charge is 2.15. The van der Waals surface area contributed by atoms with Gasteiger partial charge in [0.1, 0.15) is 0 Å². The maximum Gasteiger partial charge on any atom is 0.336 e. The lowest BCUT2D eigenvalue weighted by molar-refractivity contribution is -0.129. The average Bonchev–Trinajstić information content (AvgIpc) is 2.71. The zero-order valence-electron chi connectivity index (χ0n) is 16.3. The van der Waals surface area contributed by atoms with Gasteiger partial charge in [0, 0.05) is 6.08 Å². The standard InChI is InChI=1S/C21H23ClO6/c1-5-11-27-20-15(22)12-14(13-18(20)26-4)9-10-19(23)28-21-16(24-2)7-6-8-17(21)25-3/h6-10,12-13H,5,11H2,1-4H3/b10-9+. The van der Waals surface area contributed by atoms with Crippen molar-refractivity contribution in [1.29, 1.82) is 0 Å². The van der Waals surface area contributed by atoms with Gasteiger partial charge in [-0.05, 0) is 42.3 Å². The summed E-state index contributed by atoms with van der Waals surface area (Å²) in [6.07, 6.45) is 3.70. The van der Waals surface area contributed by atoms with Crippen LogP contribution in [0.1, 0.15) is 18.9 Å². The van der Waals surface area contributed by atoms with Gasteiger partial charge in [0.05, 0.1) is 33.0 Å². The van der Waals surface area contributed by atoms with Crippen molar-refractivity contribution in [1.82, 2.24) is 0 Å². The molecule has 0 atom stereocenters. The molecule has 0 bridgehead atoms. The third kappa shape index (κ3) is 5.33. The number of hydrogen-bond acceptors (Lipinski definition) is 6. The van der Waals surface area contributed by atoms with Gasteiger partial charge in [0.15, 0.2) is 23.0 Å². The molecule has 0 unspecified atom stereocenters. The fourth-order valence-electron chi connectivity index (χ4n) is 2.40. The van der Waals surface area contributed by atoms with Crippen molar-refractivity contribution >= 4 is 23.6 Å². The Morgan fingerprint density at radius 1 is 1.00 bits per heavy atom. The molecule has 0 saturated heterocycles. The van der Waals surface area contributed by atoms with E-state index in [1.54, 1.807) is 36.4 Å². The van der Waals surface area contributed by atoms with Crippen LogP contribution < -0.4 is 23.7 Å². The molecule has 0 aliphatic heterocycles. The molecule has 0 spiro atoms. The van der Waals surface area contributed by atoms with Crippen LogP contribution in [0.3, 0.4) is 0 Å². The van der Waals surface area contributed by atoms with Gasteiger partial charge in [-0.15, -0.1) is 0 Å². The van der Waals surface area contributed by atoms with E-state index in [1.165, 1.54) is 27.4 Å². The Bertz CT molecular complexity index is 825. The molecule has 0 fully saturated rings. The van der Waals surface area contributed by atoms with Crippen molar-refractivity contribution < 1.29 is 28.5 Å². The van der Waals surface area contributed by atoms with Crippen molar-refractivity contribution in [2.45, 2.75) is 13.3 Å². The maximum atomic E-state index is 12.3. The molecule has 150 valence electrons. The Morgan fingerprint density at radius 2 is 1.64 bits per heavy atom. The summed E-state index contributed by atoms with van der Waals surface area (Å²) in [5.41, 5.74) is 0.662. The predicted molar refractivity (Wildman–Crippen MR) is 108 cm³/mol. The van der Waals surface area contributed by atoms with Gasteiger partial charge in [-0.2, -0.15) is 0 Å². The maximum absolute atomic E-state index is 12.3. The van der Waals surface area contributed by atoms with E-state index in [9.17, 15) is 4.79 Å². The summed E-state index contributed by atoms with van der Waals surface area (Å²) in [4.78, 5) is 12.3. The third-order valence-corrected chi connectivity index (χ3v) is 3.98. The van der Waals surface area contributed by atoms with Crippen molar-refractivity contribution in [3.05, 3.63) is 47.0 Å². The van der Waals surface area contributed by atoms with Gasteiger partial charge in [0.25, 0.3) is 0 Å². The Kier molecular flexibility index (Phi) is 8.02. The Morgan fingerprint density at radius 3 is 2.21 bits per heavy atom. The first kappa shape index (κ1) is 21.4. The van der Waals surface area contributed by atoms with E-state index in [0.717, 1.165) is 6.42 Å². The zero-order chi connectivity index (χ0) is 20.5. The van der Waals surface area contributed by atoms with E-state index >= 15 is 0 Å². The molecule has 0 aromatic heterocycles. The smallest absolute Gasteiger partial charge is 0.336 e. The van der Waals surface area contributed by atoms with E-state index in [0.29, 0.717) is 40.2 Å². The summed E-state index contributed by atoms with van der Waals surface area (Å²) < 4.78 is 26.8. The number of ether oxygens (including phenoxy) is 5. The summed E-state index contributed by atoms with van der Waals surface area (Å²) >= 11 is 6.29. The second-order valence-electron chi connectivity index (χ2n) is 5.63. The summed E-state index contributed by atoms with van der Waals surface area (Å²) in [5.74, 6) is 1.36. The molecular formula is C21H23ClO6. The zero-order valence-corrected chi connectivity index (χ0v) is 17.0. The Hall–Kier alpha value is -2.86. The van der Waals surface area contributed by atoms with Gasteiger partial charge in [-0.3, -0.25) is 0 Å². The first-order valence-electron chi connectivity index (χ1n) is 8.65. The molecule has 0 radical (unpaired) electrons. The van der Waals surface area contributed by atoms with Crippen molar-refractivity contribution in [3.8, 4) is 28.7 Å². The quantitative estimate of drug-likeness (QED) is 0.339. The molecule has 0 heterocycles. The van der Waals surface area contributed by atoms with Crippen LogP contribution in [-0.4, -0.2) is 33.9 Å². The monoisotopic (exact) mass is 406 g/mol. The number of esters is 1. The average molecular weight is 407 g/mol. The number of benzene rings is 2. The minimum Gasteiger partial charge on any atom is -0.493 e. The van der Waals surface area contributed by atoms with Crippen LogP contribution in [0.2, 0.25) is 5.02 Å². The Labute approximate surface area is 169 Å². The van der Waals surface area contributed by atoms with Gasteiger partial charge in [-0.1, -0.05) is 24.6 Å². The van der Waals surface area contributed by atoms with E-state index < -0.39 is 5.97 Å². The number of carbonyl (C=O) groups is 1. The molecule has 2 aromatic rings. The minimum absolute atomic E-state index is 0.209. The molecule has 0 aliphatic rings. The molecular weight excluding hydrogens is 384 g/mol. The largest absolute Gasteiger partial charge is 0.493 e. The lowest BCUT2D eigenvalue weighted by Gasteiger charge is -2.13. The van der Waals surface area contributed by atoms with Crippen molar-refractivity contribution in [2.24, 2.45) is 0 Å². The summed E-state index contributed by atoms with van der Waals surface area (Å²) in [5, 5.41) is 0.396. The van der Waals surface area contributed by atoms with Gasteiger partial charge in [-0.25, -0.2) is 4.79 Å². The minimum atomic E-state index is -0.593. The van der Waals surface area contributed by atoms with E-state index in [2.05, 4.69) is 0 Å². The number of rotatable bonds is 9. The molecule has 28 heavy (non-hydrogen) atoms. The predicted octanol–water partition coefficient (Wildman–Crippen LogP) is 4.77. The third-order valence-electron chi connectivity index (χ3n) is 3.70. The van der Waals surface area contributed by atoms with E-state index in [4.69, 9.17) is 35.3 Å². The van der Waals surface area contributed by atoms with Crippen LogP contribution >= 0.6 is 11.6 Å². The van der Waals surface area contributed by atoms with Crippen LogP contribution in [0, 0.1) is 0 Å². The van der Waals surface area contributed by atoms with Crippen molar-refractivity contribution in [2.75, 3.05) is 27.9 Å². The normalized spacial score (nSPS) is 10.6. The number of para-hydroxylation sites is 1. The molecule has 7 heteroatoms. The number of halogens is 1. The van der Waals surface area contributed by atoms with Crippen LogP contribution in [0.4, 0.5) is 0 Å². The van der Waals surface area contributed by atoms with Gasteiger partial charge in [0.2, 0.25) is 5.75 Å². The molecule has 0 saturated carbocycles. The molecule has 0 aliphatic carbocycles. The fraction of sp³-hybridized carbons (Fsp3) is 0.286. The highest BCUT2D eigenvalue weighted by molar-refractivity contribution is 6.32. The molecule has 2 aromatic carbocycles. The molecule has 0 amide bonds. The second kappa shape index (κ2) is 10.5. The van der Waals surface area contributed by atoms with Crippen LogP contribution in [0.25, 0.3) is 6.08 Å². The molecule has 6 nitrogen and oxygen atoms in total. The Balaban J connectivity index is 2.20. The SMILES string of the molecule is CCCOc1c(Cl)cc(/C=C/C(=O)Oc2c(OC)cccc2OC)cc1OC. The lowest BCUT2D eigenvalue weighted by atomic mass is 10.2. The summed E-state index contributed by atoms with van der Waals surface area (Å²) in [6.45, 7) is 2.53. The number of methoxy groups -OCH3 is 3. The summed E-state index contributed by atoms with van der Waals surface area (Å²) in [7, 11) is 4.50. The molecule has 0 N–H and O–H groups in total. The highest BCUT2D eigenvalue weighted by atomic mass is 35.5.